The zero-order valence-electron chi connectivity index (χ0n) is 14.0. The predicted molar refractivity (Wildman–Crippen MR) is 86.6 cm³/mol. The van der Waals surface area contributed by atoms with Crippen LogP contribution in [0.25, 0.3) is 0 Å². The number of alkyl carbamates (subject to hydrolysis) is 1. The van der Waals surface area contributed by atoms with Crippen LogP contribution in [0.3, 0.4) is 0 Å². The molecule has 1 unspecified atom stereocenters. The van der Waals surface area contributed by atoms with E-state index in [1.807, 2.05) is 30.3 Å². The maximum Gasteiger partial charge on any atom is 0.407 e. The summed E-state index contributed by atoms with van der Waals surface area (Å²) in [6, 6.07) is 7.76. The van der Waals surface area contributed by atoms with Gasteiger partial charge in [-0.1, -0.05) is 51.1 Å². The SMILES string of the molecule is CC(C)(C)C(C(=O)O)[C@H](NC(=O)OCCc1ccccc1)C(=O)O. The fraction of sp³-hybridized carbons (Fsp3) is 0.471. The van der Waals surface area contributed by atoms with Crippen LogP contribution in [0, 0.1) is 11.3 Å². The van der Waals surface area contributed by atoms with Crippen LogP contribution in [-0.4, -0.2) is 40.9 Å². The van der Waals surface area contributed by atoms with Gasteiger partial charge in [0.05, 0.1) is 12.5 Å². The van der Waals surface area contributed by atoms with Gasteiger partial charge in [0.15, 0.2) is 0 Å². The molecule has 0 fully saturated rings. The topological polar surface area (TPSA) is 113 Å². The minimum Gasteiger partial charge on any atom is -0.481 e. The fourth-order valence-electron chi connectivity index (χ4n) is 2.38. The predicted octanol–water partition coefficient (Wildman–Crippen LogP) is 2.16. The van der Waals surface area contributed by atoms with Crippen LogP contribution in [0.4, 0.5) is 4.79 Å². The molecule has 0 saturated heterocycles. The molecule has 2 atom stereocenters. The first-order valence-electron chi connectivity index (χ1n) is 7.55. The first kappa shape index (κ1) is 19.5. The number of benzene rings is 1. The number of ether oxygens (including phenoxy) is 1. The number of nitrogens with one attached hydrogen (secondary N) is 1. The highest BCUT2D eigenvalue weighted by Crippen LogP contribution is 2.29. The zero-order valence-corrected chi connectivity index (χ0v) is 14.0. The number of carbonyl (C=O) groups excluding carboxylic acids is 1. The standard InChI is InChI=1S/C17H23NO6/c1-17(2,3)12(14(19)20)13(15(21)22)18-16(23)24-10-9-11-7-5-4-6-8-11/h4-8,12-13H,9-10H2,1-3H3,(H,18,23)(H,19,20)(H,21,22)/t12?,13-/m0/s1. The molecule has 7 heteroatoms. The van der Waals surface area contributed by atoms with E-state index in [1.165, 1.54) is 0 Å². The fourth-order valence-corrected chi connectivity index (χ4v) is 2.38. The van der Waals surface area contributed by atoms with Gasteiger partial charge >= 0.3 is 18.0 Å². The number of rotatable bonds is 7. The number of carbonyl (C=O) groups is 3. The Morgan fingerprint density at radius 1 is 1.08 bits per heavy atom. The van der Waals surface area contributed by atoms with E-state index in [4.69, 9.17) is 4.74 Å². The molecule has 24 heavy (non-hydrogen) atoms. The van der Waals surface area contributed by atoms with Gasteiger partial charge in [-0.05, 0) is 11.0 Å². The van der Waals surface area contributed by atoms with Gasteiger partial charge in [0.1, 0.15) is 6.04 Å². The van der Waals surface area contributed by atoms with Crippen LogP contribution < -0.4 is 5.32 Å². The van der Waals surface area contributed by atoms with E-state index < -0.39 is 35.4 Å². The average Bonchev–Trinajstić information content (AvgIpc) is 2.45. The second-order valence-electron chi connectivity index (χ2n) is 6.51. The number of hydrogen-bond donors (Lipinski definition) is 3. The van der Waals surface area contributed by atoms with Gasteiger partial charge in [-0.2, -0.15) is 0 Å². The largest absolute Gasteiger partial charge is 0.481 e. The van der Waals surface area contributed by atoms with Crippen LogP contribution >= 0.6 is 0 Å². The van der Waals surface area contributed by atoms with Gasteiger partial charge in [0.25, 0.3) is 0 Å². The molecule has 7 nitrogen and oxygen atoms in total. The number of hydrogen-bond acceptors (Lipinski definition) is 4. The Labute approximate surface area is 140 Å². The van der Waals surface area contributed by atoms with Gasteiger partial charge in [-0.3, -0.25) is 4.79 Å². The Morgan fingerprint density at radius 3 is 2.12 bits per heavy atom. The summed E-state index contributed by atoms with van der Waals surface area (Å²) in [5.41, 5.74) is 0.116. The number of aliphatic carboxylic acids is 2. The Kier molecular flexibility index (Phi) is 6.76. The maximum absolute atomic E-state index is 11.8. The van der Waals surface area contributed by atoms with E-state index in [9.17, 15) is 24.6 Å². The molecule has 1 amide bonds. The van der Waals surface area contributed by atoms with Crippen LogP contribution in [-0.2, 0) is 20.7 Å². The molecule has 1 aromatic rings. The second-order valence-corrected chi connectivity index (χ2v) is 6.51. The zero-order chi connectivity index (χ0) is 18.3. The molecule has 0 radical (unpaired) electrons. The molecule has 0 aliphatic rings. The molecular formula is C17H23NO6. The summed E-state index contributed by atoms with van der Waals surface area (Å²) >= 11 is 0. The number of carboxylic acid groups (broad SMARTS) is 2. The average molecular weight is 337 g/mol. The lowest BCUT2D eigenvalue weighted by molar-refractivity contribution is -0.155. The summed E-state index contributed by atoms with van der Waals surface area (Å²) in [4.78, 5) is 34.6. The van der Waals surface area contributed by atoms with Crippen LogP contribution in [0.5, 0.6) is 0 Å². The normalized spacial score (nSPS) is 13.6. The van der Waals surface area contributed by atoms with Crippen molar-refractivity contribution in [3.63, 3.8) is 0 Å². The van der Waals surface area contributed by atoms with Crippen molar-refractivity contribution in [1.82, 2.24) is 5.32 Å². The molecule has 132 valence electrons. The lowest BCUT2D eigenvalue weighted by Crippen LogP contribution is -2.53. The quantitative estimate of drug-likeness (QED) is 0.703. The van der Waals surface area contributed by atoms with Gasteiger partial charge in [0.2, 0.25) is 0 Å². The lowest BCUT2D eigenvalue weighted by Gasteiger charge is -2.31. The van der Waals surface area contributed by atoms with E-state index in [-0.39, 0.29) is 6.61 Å². The summed E-state index contributed by atoms with van der Waals surface area (Å²) in [6.07, 6.45) is -0.470. The van der Waals surface area contributed by atoms with Crippen LogP contribution in [0.1, 0.15) is 26.3 Å². The Morgan fingerprint density at radius 2 is 1.67 bits per heavy atom. The molecule has 0 heterocycles. The van der Waals surface area contributed by atoms with Gasteiger partial charge < -0.3 is 20.3 Å². The number of carboxylic acids is 2. The summed E-state index contributed by atoms with van der Waals surface area (Å²) in [5.74, 6) is -4.01. The van der Waals surface area contributed by atoms with E-state index in [2.05, 4.69) is 5.32 Å². The maximum atomic E-state index is 11.8. The first-order chi connectivity index (χ1) is 11.1. The lowest BCUT2D eigenvalue weighted by atomic mass is 9.76. The van der Waals surface area contributed by atoms with Crippen molar-refractivity contribution in [3.8, 4) is 0 Å². The second kappa shape index (κ2) is 8.33. The molecule has 0 spiro atoms. The third-order valence-corrected chi connectivity index (χ3v) is 3.54. The van der Waals surface area contributed by atoms with Crippen molar-refractivity contribution in [3.05, 3.63) is 35.9 Å². The molecular weight excluding hydrogens is 314 g/mol. The van der Waals surface area contributed by atoms with Gasteiger partial charge in [-0.15, -0.1) is 0 Å². The van der Waals surface area contributed by atoms with Crippen molar-refractivity contribution in [1.29, 1.82) is 0 Å². The van der Waals surface area contributed by atoms with Crippen LogP contribution in [0.2, 0.25) is 0 Å². The highest BCUT2D eigenvalue weighted by Gasteiger charge is 2.43. The van der Waals surface area contributed by atoms with Crippen LogP contribution in [0.15, 0.2) is 30.3 Å². The highest BCUT2D eigenvalue weighted by atomic mass is 16.5. The molecule has 1 rings (SSSR count). The van der Waals surface area contributed by atoms with E-state index in [1.54, 1.807) is 20.8 Å². The summed E-state index contributed by atoms with van der Waals surface area (Å²) in [7, 11) is 0. The van der Waals surface area contributed by atoms with Gasteiger partial charge in [0, 0.05) is 6.42 Å². The van der Waals surface area contributed by atoms with Crippen molar-refractivity contribution in [2.45, 2.75) is 33.2 Å². The van der Waals surface area contributed by atoms with Crippen molar-refractivity contribution in [2.24, 2.45) is 11.3 Å². The van der Waals surface area contributed by atoms with E-state index >= 15 is 0 Å². The number of amides is 1. The molecule has 0 aromatic heterocycles. The Hall–Kier alpha value is -2.57. The smallest absolute Gasteiger partial charge is 0.407 e. The molecule has 0 bridgehead atoms. The minimum atomic E-state index is -1.58. The summed E-state index contributed by atoms with van der Waals surface area (Å²) in [5, 5.41) is 20.7. The van der Waals surface area contributed by atoms with Crippen molar-refractivity contribution >= 4 is 18.0 Å². The van der Waals surface area contributed by atoms with Gasteiger partial charge in [-0.25, -0.2) is 9.59 Å². The third kappa shape index (κ3) is 5.91. The third-order valence-electron chi connectivity index (χ3n) is 3.54. The summed E-state index contributed by atoms with van der Waals surface area (Å²) in [6.45, 7) is 4.87. The Balaban J connectivity index is 2.66. The minimum absolute atomic E-state index is 0.0649. The molecule has 3 N–H and O–H groups in total. The molecule has 0 aliphatic heterocycles. The molecule has 0 saturated carbocycles. The monoisotopic (exact) mass is 337 g/mol. The van der Waals surface area contributed by atoms with Crippen molar-refractivity contribution in [2.75, 3.05) is 6.61 Å². The molecule has 1 aromatic carbocycles. The van der Waals surface area contributed by atoms with Crippen molar-refractivity contribution < 1.29 is 29.3 Å². The highest BCUT2D eigenvalue weighted by molar-refractivity contribution is 5.86. The molecule has 0 aliphatic carbocycles. The Bertz CT molecular complexity index is 578. The first-order valence-corrected chi connectivity index (χ1v) is 7.55. The van der Waals surface area contributed by atoms with E-state index in [0.29, 0.717) is 6.42 Å². The summed E-state index contributed by atoms with van der Waals surface area (Å²) < 4.78 is 4.96. The van der Waals surface area contributed by atoms with E-state index in [0.717, 1.165) is 5.56 Å².